The Bertz CT molecular complexity index is 462. The van der Waals surface area contributed by atoms with E-state index in [1.165, 1.54) is 22.7 Å². The van der Waals surface area contributed by atoms with E-state index in [0.29, 0.717) is 5.13 Å². The van der Waals surface area contributed by atoms with Crippen LogP contribution in [-0.4, -0.2) is 9.36 Å². The second-order valence-corrected chi connectivity index (χ2v) is 3.99. The molecule has 0 aliphatic rings. The van der Waals surface area contributed by atoms with Gasteiger partial charge in [-0.3, -0.25) is 0 Å². The van der Waals surface area contributed by atoms with Gasteiger partial charge in [0.1, 0.15) is 0 Å². The summed E-state index contributed by atoms with van der Waals surface area (Å²) >= 11 is 1.23. The van der Waals surface area contributed by atoms with Crippen LogP contribution in [0.15, 0.2) is 18.2 Å². The first-order valence-electron chi connectivity index (χ1n) is 4.34. The van der Waals surface area contributed by atoms with E-state index in [1.807, 2.05) is 12.1 Å². The molecule has 0 atom stereocenters. The van der Waals surface area contributed by atoms with Crippen LogP contribution >= 0.6 is 11.5 Å². The minimum absolute atomic E-state index is 0.515. The molecule has 2 N–H and O–H groups in total. The molecule has 0 fully saturated rings. The molecule has 0 radical (unpaired) electrons. The van der Waals surface area contributed by atoms with Gasteiger partial charge >= 0.3 is 0 Å². The smallest absolute Gasteiger partial charge is 0.200 e. The van der Waals surface area contributed by atoms with Crippen LogP contribution in [0.4, 0.5) is 5.13 Å². The Morgan fingerprint density at radius 1 is 1.29 bits per heavy atom. The number of hydrogen-bond donors (Lipinski definition) is 1. The first-order chi connectivity index (χ1) is 6.68. The largest absolute Gasteiger partial charge is 0.374 e. The number of anilines is 1. The molecule has 0 saturated heterocycles. The minimum atomic E-state index is 0.515. The summed E-state index contributed by atoms with van der Waals surface area (Å²) in [6.07, 6.45) is 0. The van der Waals surface area contributed by atoms with Crippen LogP contribution in [0.5, 0.6) is 0 Å². The summed E-state index contributed by atoms with van der Waals surface area (Å²) in [5.41, 5.74) is 9.08. The topological polar surface area (TPSA) is 51.8 Å². The molecule has 0 aliphatic carbocycles. The predicted molar refractivity (Wildman–Crippen MR) is 59.2 cm³/mol. The van der Waals surface area contributed by atoms with E-state index in [-0.39, 0.29) is 0 Å². The molecule has 0 saturated carbocycles. The molecule has 2 rings (SSSR count). The molecule has 1 aromatic heterocycles. The van der Waals surface area contributed by atoms with Gasteiger partial charge in [0, 0.05) is 17.1 Å². The van der Waals surface area contributed by atoms with Crippen molar-refractivity contribution in [2.24, 2.45) is 0 Å². The molecule has 0 spiro atoms. The minimum Gasteiger partial charge on any atom is -0.374 e. The van der Waals surface area contributed by atoms with E-state index in [9.17, 15) is 0 Å². The van der Waals surface area contributed by atoms with Crippen molar-refractivity contribution in [1.29, 1.82) is 0 Å². The normalized spacial score (nSPS) is 10.4. The number of hydrogen-bond acceptors (Lipinski definition) is 4. The molecular formula is C10H11N3S. The first-order valence-corrected chi connectivity index (χ1v) is 5.11. The average Bonchev–Trinajstić information content (AvgIpc) is 2.57. The second-order valence-electron chi connectivity index (χ2n) is 3.20. The van der Waals surface area contributed by atoms with Gasteiger partial charge in [0.05, 0.1) is 0 Å². The Balaban J connectivity index is 2.57. The zero-order valence-electron chi connectivity index (χ0n) is 8.11. The molecular weight excluding hydrogens is 194 g/mol. The highest BCUT2D eigenvalue weighted by atomic mass is 32.1. The van der Waals surface area contributed by atoms with Crippen molar-refractivity contribution in [3.05, 3.63) is 29.3 Å². The number of nitrogens with zero attached hydrogens (tertiary/aromatic N) is 2. The van der Waals surface area contributed by atoms with Crippen molar-refractivity contribution < 1.29 is 0 Å². The molecule has 0 unspecified atom stereocenters. The highest BCUT2D eigenvalue weighted by Crippen LogP contribution is 2.24. The number of benzene rings is 1. The van der Waals surface area contributed by atoms with Crippen LogP contribution in [0.3, 0.4) is 0 Å². The molecule has 2 aromatic rings. The fraction of sp³-hybridized carbons (Fsp3) is 0.200. The molecule has 0 amide bonds. The van der Waals surface area contributed by atoms with Crippen LogP contribution < -0.4 is 5.73 Å². The van der Waals surface area contributed by atoms with Crippen LogP contribution in [0.2, 0.25) is 0 Å². The summed E-state index contributed by atoms with van der Waals surface area (Å²) < 4.78 is 4.19. The van der Waals surface area contributed by atoms with Gasteiger partial charge in [-0.05, 0) is 25.0 Å². The van der Waals surface area contributed by atoms with Crippen molar-refractivity contribution in [3.63, 3.8) is 0 Å². The van der Waals surface area contributed by atoms with Gasteiger partial charge in [0.2, 0.25) is 0 Å². The lowest BCUT2D eigenvalue weighted by molar-refractivity contribution is 1.27. The van der Waals surface area contributed by atoms with Crippen molar-refractivity contribution in [3.8, 4) is 11.4 Å². The number of aromatic nitrogens is 2. The fourth-order valence-electron chi connectivity index (χ4n) is 1.34. The Kier molecular flexibility index (Phi) is 2.21. The summed E-state index contributed by atoms with van der Waals surface area (Å²) in [4.78, 5) is 4.17. The van der Waals surface area contributed by atoms with Crippen LogP contribution in [0.1, 0.15) is 11.1 Å². The van der Waals surface area contributed by atoms with Crippen LogP contribution in [0, 0.1) is 13.8 Å². The molecule has 1 heterocycles. The third-order valence-electron chi connectivity index (χ3n) is 2.29. The van der Waals surface area contributed by atoms with Gasteiger partial charge in [-0.2, -0.15) is 9.36 Å². The molecule has 0 bridgehead atoms. The Morgan fingerprint density at radius 3 is 2.71 bits per heavy atom. The summed E-state index contributed by atoms with van der Waals surface area (Å²) in [5, 5.41) is 0.515. The molecule has 72 valence electrons. The van der Waals surface area contributed by atoms with Crippen molar-refractivity contribution >= 4 is 16.7 Å². The lowest BCUT2D eigenvalue weighted by Gasteiger charge is -2.03. The van der Waals surface area contributed by atoms with Gasteiger partial charge in [-0.15, -0.1) is 0 Å². The zero-order chi connectivity index (χ0) is 10.1. The lowest BCUT2D eigenvalue weighted by Crippen LogP contribution is -1.89. The zero-order valence-corrected chi connectivity index (χ0v) is 8.93. The maximum absolute atomic E-state index is 5.55. The van der Waals surface area contributed by atoms with E-state index < -0.39 is 0 Å². The molecule has 3 nitrogen and oxygen atoms in total. The summed E-state index contributed by atoms with van der Waals surface area (Å²) in [7, 11) is 0. The highest BCUT2D eigenvalue weighted by Gasteiger charge is 2.08. The van der Waals surface area contributed by atoms with Crippen molar-refractivity contribution in [1.82, 2.24) is 9.36 Å². The van der Waals surface area contributed by atoms with Gasteiger partial charge < -0.3 is 5.73 Å². The number of aryl methyl sites for hydroxylation is 1. The first kappa shape index (κ1) is 9.15. The van der Waals surface area contributed by atoms with Gasteiger partial charge in [-0.25, -0.2) is 0 Å². The van der Waals surface area contributed by atoms with Crippen LogP contribution in [0.25, 0.3) is 11.4 Å². The third-order valence-corrected chi connectivity index (χ3v) is 2.83. The molecule has 14 heavy (non-hydrogen) atoms. The summed E-state index contributed by atoms with van der Waals surface area (Å²) in [6, 6.07) is 6.10. The SMILES string of the molecule is Cc1cccc(-c2nsc(N)n2)c1C. The second kappa shape index (κ2) is 3.38. The van der Waals surface area contributed by atoms with E-state index in [4.69, 9.17) is 5.73 Å². The predicted octanol–water partition coefficient (Wildman–Crippen LogP) is 2.40. The van der Waals surface area contributed by atoms with E-state index in [1.54, 1.807) is 0 Å². The Morgan fingerprint density at radius 2 is 2.07 bits per heavy atom. The summed E-state index contributed by atoms with van der Waals surface area (Å²) in [6.45, 7) is 4.15. The van der Waals surface area contributed by atoms with Gasteiger partial charge in [-0.1, -0.05) is 18.2 Å². The molecule has 4 heteroatoms. The fourth-order valence-corrected chi connectivity index (χ4v) is 1.78. The number of rotatable bonds is 1. The lowest BCUT2D eigenvalue weighted by atomic mass is 10.0. The third kappa shape index (κ3) is 1.48. The summed E-state index contributed by atoms with van der Waals surface area (Å²) in [5.74, 6) is 0.730. The van der Waals surface area contributed by atoms with Gasteiger partial charge in [0.25, 0.3) is 0 Å². The van der Waals surface area contributed by atoms with Gasteiger partial charge in [0.15, 0.2) is 11.0 Å². The number of nitrogens with two attached hydrogens (primary N) is 1. The van der Waals surface area contributed by atoms with Crippen LogP contribution in [-0.2, 0) is 0 Å². The quantitative estimate of drug-likeness (QED) is 0.777. The number of nitrogen functional groups attached to an aromatic ring is 1. The maximum Gasteiger partial charge on any atom is 0.200 e. The molecule has 0 aliphatic heterocycles. The van der Waals surface area contributed by atoms with Crippen molar-refractivity contribution in [2.45, 2.75) is 13.8 Å². The Labute approximate surface area is 86.8 Å². The monoisotopic (exact) mass is 205 g/mol. The highest BCUT2D eigenvalue weighted by molar-refractivity contribution is 7.09. The molecule has 1 aromatic carbocycles. The van der Waals surface area contributed by atoms with Crippen molar-refractivity contribution in [2.75, 3.05) is 5.73 Å². The van der Waals surface area contributed by atoms with E-state index in [2.05, 4.69) is 29.3 Å². The van der Waals surface area contributed by atoms with E-state index >= 15 is 0 Å². The van der Waals surface area contributed by atoms with E-state index in [0.717, 1.165) is 11.4 Å². The maximum atomic E-state index is 5.55. The average molecular weight is 205 g/mol. The standard InChI is InChI=1S/C10H11N3S/c1-6-4-3-5-8(7(6)2)9-12-10(11)14-13-9/h3-5H,1-2H3,(H2,11,12,13). The Hall–Kier alpha value is -1.42.